The van der Waals surface area contributed by atoms with Crippen LogP contribution < -0.4 is 10.1 Å². The van der Waals surface area contributed by atoms with Gasteiger partial charge >= 0.3 is 0 Å². The van der Waals surface area contributed by atoms with E-state index in [1.165, 1.54) is 0 Å². The van der Waals surface area contributed by atoms with Gasteiger partial charge in [0.15, 0.2) is 11.5 Å². The molecule has 0 amide bonds. The summed E-state index contributed by atoms with van der Waals surface area (Å²) >= 11 is 3.56. The number of nitrogens with zero attached hydrogens (tertiary/aromatic N) is 1. The van der Waals surface area contributed by atoms with Crippen molar-refractivity contribution in [2.75, 3.05) is 33.3 Å². The van der Waals surface area contributed by atoms with Crippen LogP contribution in [0.15, 0.2) is 16.6 Å². The maximum absolute atomic E-state index is 10.4. The summed E-state index contributed by atoms with van der Waals surface area (Å²) in [5, 5.41) is 13.8. The molecular weight excluding hydrogens is 379 g/mol. The third kappa shape index (κ3) is 4.63. The van der Waals surface area contributed by atoms with Crippen LogP contribution in [0.4, 0.5) is 0 Å². The van der Waals surface area contributed by atoms with E-state index >= 15 is 0 Å². The third-order valence-electron chi connectivity index (χ3n) is 3.66. The van der Waals surface area contributed by atoms with Gasteiger partial charge in [0.2, 0.25) is 0 Å². The summed E-state index contributed by atoms with van der Waals surface area (Å²) in [6.45, 7) is 6.15. The number of ether oxygens (including phenoxy) is 1. The second-order valence-electron chi connectivity index (χ2n) is 4.72. The lowest BCUT2D eigenvalue weighted by Gasteiger charge is -2.35. The van der Waals surface area contributed by atoms with Crippen molar-refractivity contribution in [2.24, 2.45) is 0 Å². The Morgan fingerprint density at radius 3 is 2.48 bits per heavy atom. The molecule has 1 saturated heterocycles. The van der Waals surface area contributed by atoms with Gasteiger partial charge < -0.3 is 15.2 Å². The lowest BCUT2D eigenvalue weighted by Crippen LogP contribution is -2.45. The number of hydrogen-bond acceptors (Lipinski definition) is 4. The highest BCUT2D eigenvalue weighted by molar-refractivity contribution is 9.10. The number of aromatic hydroxyl groups is 1. The monoisotopic (exact) mass is 400 g/mol. The molecule has 7 heteroatoms. The van der Waals surface area contributed by atoms with Crippen LogP contribution in [0.2, 0.25) is 0 Å². The molecule has 1 atom stereocenters. The van der Waals surface area contributed by atoms with E-state index in [-0.39, 0.29) is 36.6 Å². The van der Waals surface area contributed by atoms with Crippen molar-refractivity contribution in [1.82, 2.24) is 10.2 Å². The maximum atomic E-state index is 10.4. The van der Waals surface area contributed by atoms with Crippen molar-refractivity contribution in [2.45, 2.75) is 19.4 Å². The Morgan fingerprint density at radius 1 is 1.33 bits per heavy atom. The van der Waals surface area contributed by atoms with Gasteiger partial charge in [-0.05, 0) is 18.6 Å². The molecule has 4 nitrogen and oxygen atoms in total. The van der Waals surface area contributed by atoms with Gasteiger partial charge in [0.1, 0.15) is 0 Å². The molecule has 1 aromatic rings. The maximum Gasteiger partial charge on any atom is 0.163 e. The average Bonchev–Trinajstić information content (AvgIpc) is 2.44. The predicted octanol–water partition coefficient (Wildman–Crippen LogP) is 3.36. The zero-order valence-electron chi connectivity index (χ0n) is 12.3. The standard InChI is InChI=1S/C14H21BrN2O2.2ClH/c1-3-11(17-8-6-16-7-9-17)13-10(15)4-5-12(19-2)14(13)18;;/h4-5,11,16,18H,3,6-9H2,1-2H3;2*1H/t11-;;/m0../s1. The second-order valence-corrected chi connectivity index (χ2v) is 5.58. The highest BCUT2D eigenvalue weighted by Crippen LogP contribution is 2.42. The third-order valence-corrected chi connectivity index (χ3v) is 4.35. The molecule has 2 rings (SSSR count). The second kappa shape index (κ2) is 9.74. The zero-order valence-corrected chi connectivity index (χ0v) is 15.5. The number of halogens is 3. The van der Waals surface area contributed by atoms with Crippen LogP contribution in [0, 0.1) is 0 Å². The fraction of sp³-hybridized carbons (Fsp3) is 0.571. The molecule has 21 heavy (non-hydrogen) atoms. The van der Waals surface area contributed by atoms with Crippen molar-refractivity contribution < 1.29 is 9.84 Å². The van der Waals surface area contributed by atoms with E-state index in [4.69, 9.17) is 4.74 Å². The van der Waals surface area contributed by atoms with Crippen LogP contribution in [-0.4, -0.2) is 43.3 Å². The smallest absolute Gasteiger partial charge is 0.163 e. The molecule has 2 N–H and O–H groups in total. The van der Waals surface area contributed by atoms with Crippen LogP contribution in [0.25, 0.3) is 0 Å². The molecule has 0 unspecified atom stereocenters. The largest absolute Gasteiger partial charge is 0.504 e. The number of phenolic OH excluding ortho intramolecular Hbond substituents is 1. The van der Waals surface area contributed by atoms with Crippen LogP contribution in [0.3, 0.4) is 0 Å². The number of rotatable bonds is 4. The number of nitrogens with one attached hydrogen (secondary N) is 1. The molecule has 0 aliphatic carbocycles. The number of piperazine rings is 1. The molecule has 0 bridgehead atoms. The average molecular weight is 402 g/mol. The Kier molecular flexibility index (Phi) is 9.65. The van der Waals surface area contributed by atoms with E-state index in [1.54, 1.807) is 13.2 Å². The molecule has 0 aromatic heterocycles. The Morgan fingerprint density at radius 2 is 1.95 bits per heavy atom. The first-order valence-electron chi connectivity index (χ1n) is 6.69. The molecule has 0 saturated carbocycles. The molecule has 0 spiro atoms. The fourth-order valence-electron chi connectivity index (χ4n) is 2.68. The van der Waals surface area contributed by atoms with Crippen molar-refractivity contribution in [3.63, 3.8) is 0 Å². The highest BCUT2D eigenvalue weighted by Gasteiger charge is 2.26. The number of benzene rings is 1. The van der Waals surface area contributed by atoms with Crippen LogP contribution in [-0.2, 0) is 0 Å². The molecule has 122 valence electrons. The van der Waals surface area contributed by atoms with Gasteiger partial charge in [-0.3, -0.25) is 4.90 Å². The van der Waals surface area contributed by atoms with E-state index in [1.807, 2.05) is 6.07 Å². The molecule has 1 aliphatic rings. The zero-order chi connectivity index (χ0) is 13.8. The van der Waals surface area contributed by atoms with Crippen molar-refractivity contribution >= 4 is 40.7 Å². The van der Waals surface area contributed by atoms with Crippen LogP contribution >= 0.6 is 40.7 Å². The lowest BCUT2D eigenvalue weighted by atomic mass is 10.0. The number of phenols is 1. The van der Waals surface area contributed by atoms with Gasteiger partial charge in [-0.2, -0.15) is 0 Å². The van der Waals surface area contributed by atoms with E-state index in [2.05, 4.69) is 33.1 Å². The normalized spacial score (nSPS) is 16.5. The topological polar surface area (TPSA) is 44.7 Å². The minimum Gasteiger partial charge on any atom is -0.504 e. The fourth-order valence-corrected chi connectivity index (χ4v) is 3.27. The summed E-state index contributed by atoms with van der Waals surface area (Å²) in [5.74, 6) is 0.786. The highest BCUT2D eigenvalue weighted by atomic mass is 79.9. The number of methoxy groups -OCH3 is 1. The van der Waals surface area contributed by atoms with Gasteiger partial charge in [-0.15, -0.1) is 24.8 Å². The van der Waals surface area contributed by atoms with E-state index < -0.39 is 0 Å². The summed E-state index contributed by atoms with van der Waals surface area (Å²) in [7, 11) is 1.58. The van der Waals surface area contributed by atoms with E-state index in [0.717, 1.165) is 42.6 Å². The van der Waals surface area contributed by atoms with E-state index in [9.17, 15) is 5.11 Å². The summed E-state index contributed by atoms with van der Waals surface area (Å²) < 4.78 is 6.16. The van der Waals surface area contributed by atoms with Gasteiger partial charge in [0, 0.05) is 42.3 Å². The Balaban J connectivity index is 0.00000200. The molecule has 1 heterocycles. The van der Waals surface area contributed by atoms with Crippen molar-refractivity contribution in [3.05, 3.63) is 22.2 Å². The molecule has 1 aromatic carbocycles. The summed E-state index contributed by atoms with van der Waals surface area (Å²) in [5.41, 5.74) is 0.934. The molecule has 1 fully saturated rings. The molecule has 1 aliphatic heterocycles. The SMILES string of the molecule is CC[C@@H](c1c(Br)ccc(OC)c1O)N1CCNCC1.Cl.Cl. The Labute approximate surface area is 147 Å². The first-order chi connectivity index (χ1) is 9.19. The van der Waals surface area contributed by atoms with Crippen LogP contribution in [0.1, 0.15) is 24.9 Å². The van der Waals surface area contributed by atoms with Gasteiger partial charge in [-0.1, -0.05) is 22.9 Å². The van der Waals surface area contributed by atoms with Gasteiger partial charge in [0.25, 0.3) is 0 Å². The minimum atomic E-state index is 0. The summed E-state index contributed by atoms with van der Waals surface area (Å²) in [4.78, 5) is 2.41. The lowest BCUT2D eigenvalue weighted by molar-refractivity contribution is 0.165. The summed E-state index contributed by atoms with van der Waals surface area (Å²) in [6, 6.07) is 3.94. The van der Waals surface area contributed by atoms with Crippen molar-refractivity contribution in [3.8, 4) is 11.5 Å². The van der Waals surface area contributed by atoms with E-state index in [0.29, 0.717) is 5.75 Å². The number of hydrogen-bond donors (Lipinski definition) is 2. The van der Waals surface area contributed by atoms with Crippen molar-refractivity contribution in [1.29, 1.82) is 0 Å². The predicted molar refractivity (Wildman–Crippen MR) is 94.3 cm³/mol. The van der Waals surface area contributed by atoms with Crippen LogP contribution in [0.5, 0.6) is 11.5 Å². The first kappa shape index (κ1) is 20.8. The quantitative estimate of drug-likeness (QED) is 0.811. The van der Waals surface area contributed by atoms with Gasteiger partial charge in [0.05, 0.1) is 7.11 Å². The first-order valence-corrected chi connectivity index (χ1v) is 7.48. The minimum absolute atomic E-state index is 0. The Hall–Kier alpha value is -0.200. The summed E-state index contributed by atoms with van der Waals surface area (Å²) in [6.07, 6.45) is 0.958. The Bertz CT molecular complexity index is 443. The molecule has 0 radical (unpaired) electrons. The van der Waals surface area contributed by atoms with Gasteiger partial charge in [-0.25, -0.2) is 0 Å². The molecular formula is C14H23BrCl2N2O2.